The first-order chi connectivity index (χ1) is 11.7. The summed E-state index contributed by atoms with van der Waals surface area (Å²) in [6.07, 6.45) is 3.54. The van der Waals surface area contributed by atoms with E-state index in [0.717, 1.165) is 18.4 Å². The van der Waals surface area contributed by atoms with Crippen LogP contribution >= 0.6 is 0 Å². The maximum Gasteiger partial charge on any atom is 0.350 e. The summed E-state index contributed by atoms with van der Waals surface area (Å²) in [6.45, 7) is 1.08. The Bertz CT molecular complexity index is 930. The molecule has 1 aliphatic rings. The Morgan fingerprint density at radius 3 is 2.88 bits per heavy atom. The van der Waals surface area contributed by atoms with Crippen LogP contribution in [0, 0.1) is 0 Å². The molecule has 1 aromatic carbocycles. The van der Waals surface area contributed by atoms with Gasteiger partial charge in [-0.25, -0.2) is 9.48 Å². The van der Waals surface area contributed by atoms with Crippen LogP contribution in [0.5, 0.6) is 0 Å². The SMILES string of the molecule is O=c1n(CCNC2(CO)CCc3ccccc32)nc2ccccn12. The van der Waals surface area contributed by atoms with Gasteiger partial charge in [0.05, 0.1) is 18.7 Å². The second-order valence-corrected chi connectivity index (χ2v) is 6.26. The summed E-state index contributed by atoms with van der Waals surface area (Å²) in [5.41, 5.74) is 2.53. The number of aliphatic hydroxyl groups excluding tert-OH is 1. The Morgan fingerprint density at radius 2 is 2.04 bits per heavy atom. The second kappa shape index (κ2) is 5.89. The molecule has 2 aromatic heterocycles. The van der Waals surface area contributed by atoms with Gasteiger partial charge in [0.25, 0.3) is 0 Å². The highest BCUT2D eigenvalue weighted by atomic mass is 16.3. The van der Waals surface area contributed by atoms with Gasteiger partial charge in [-0.05, 0) is 36.1 Å². The van der Waals surface area contributed by atoms with E-state index in [1.54, 1.807) is 6.20 Å². The number of aromatic nitrogens is 3. The Hall–Kier alpha value is -2.44. The minimum absolute atomic E-state index is 0.0457. The minimum atomic E-state index is -0.417. The molecule has 0 saturated heterocycles. The van der Waals surface area contributed by atoms with Crippen LogP contribution < -0.4 is 11.0 Å². The van der Waals surface area contributed by atoms with Gasteiger partial charge in [0.2, 0.25) is 0 Å². The Balaban J connectivity index is 1.52. The lowest BCUT2D eigenvalue weighted by atomic mass is 9.92. The maximum atomic E-state index is 12.3. The molecule has 6 heteroatoms. The highest BCUT2D eigenvalue weighted by molar-refractivity contribution is 5.39. The van der Waals surface area contributed by atoms with Gasteiger partial charge in [-0.15, -0.1) is 5.10 Å². The summed E-state index contributed by atoms with van der Waals surface area (Å²) in [4.78, 5) is 12.3. The maximum absolute atomic E-state index is 12.3. The zero-order chi connectivity index (χ0) is 16.6. The number of nitrogens with zero attached hydrogens (tertiary/aromatic N) is 3. The summed E-state index contributed by atoms with van der Waals surface area (Å²) in [5.74, 6) is 0. The summed E-state index contributed by atoms with van der Waals surface area (Å²) >= 11 is 0. The molecule has 0 amide bonds. The number of nitrogens with one attached hydrogen (secondary N) is 1. The number of aryl methyl sites for hydroxylation is 1. The minimum Gasteiger partial charge on any atom is -0.394 e. The number of pyridine rings is 1. The van der Waals surface area contributed by atoms with Crippen LogP contribution in [-0.4, -0.2) is 32.4 Å². The van der Waals surface area contributed by atoms with E-state index in [9.17, 15) is 9.90 Å². The highest BCUT2D eigenvalue weighted by Crippen LogP contribution is 2.36. The van der Waals surface area contributed by atoms with Crippen molar-refractivity contribution >= 4 is 5.65 Å². The Labute approximate surface area is 139 Å². The van der Waals surface area contributed by atoms with Crippen molar-refractivity contribution in [3.05, 3.63) is 70.3 Å². The molecule has 0 bridgehead atoms. The third-order valence-electron chi connectivity index (χ3n) is 4.90. The van der Waals surface area contributed by atoms with Gasteiger partial charge in [0.1, 0.15) is 0 Å². The first kappa shape index (κ1) is 15.1. The van der Waals surface area contributed by atoms with Gasteiger partial charge in [-0.3, -0.25) is 4.40 Å². The number of benzene rings is 1. The lowest BCUT2D eigenvalue weighted by Gasteiger charge is -2.29. The first-order valence-corrected chi connectivity index (χ1v) is 8.22. The summed E-state index contributed by atoms with van der Waals surface area (Å²) in [6, 6.07) is 13.7. The van der Waals surface area contributed by atoms with Crippen LogP contribution in [0.15, 0.2) is 53.5 Å². The van der Waals surface area contributed by atoms with Crippen molar-refractivity contribution in [3.8, 4) is 0 Å². The molecular formula is C18H20N4O2. The number of fused-ring (bicyclic) bond motifs is 2. The molecule has 4 rings (SSSR count). The second-order valence-electron chi connectivity index (χ2n) is 6.26. The standard InChI is InChI=1S/C18H20N4O2/c23-13-18(9-8-14-5-1-2-6-15(14)18)19-10-12-22-17(24)21-11-4-3-7-16(21)20-22/h1-7,11,19,23H,8-10,12-13H2. The van der Waals surface area contributed by atoms with Crippen LogP contribution in [0.1, 0.15) is 17.5 Å². The predicted octanol–water partition coefficient (Wildman–Crippen LogP) is 0.920. The van der Waals surface area contributed by atoms with E-state index >= 15 is 0 Å². The number of aliphatic hydroxyl groups is 1. The molecule has 0 fully saturated rings. The highest BCUT2D eigenvalue weighted by Gasteiger charge is 2.37. The smallest absolute Gasteiger partial charge is 0.350 e. The average molecular weight is 324 g/mol. The van der Waals surface area contributed by atoms with E-state index in [1.807, 2.05) is 30.3 Å². The zero-order valence-electron chi connectivity index (χ0n) is 13.4. The molecule has 0 saturated carbocycles. The summed E-state index contributed by atoms with van der Waals surface area (Å²) in [7, 11) is 0. The van der Waals surface area contributed by atoms with E-state index < -0.39 is 5.54 Å². The Kier molecular flexibility index (Phi) is 3.70. The molecule has 0 spiro atoms. The van der Waals surface area contributed by atoms with Crippen molar-refractivity contribution in [1.29, 1.82) is 0 Å². The molecule has 24 heavy (non-hydrogen) atoms. The fourth-order valence-corrected chi connectivity index (χ4v) is 3.61. The first-order valence-electron chi connectivity index (χ1n) is 8.22. The van der Waals surface area contributed by atoms with Crippen LogP contribution in [0.4, 0.5) is 0 Å². The normalized spacial score (nSPS) is 19.7. The molecular weight excluding hydrogens is 304 g/mol. The van der Waals surface area contributed by atoms with Crippen LogP contribution in [0.3, 0.4) is 0 Å². The van der Waals surface area contributed by atoms with Crippen molar-refractivity contribution in [2.24, 2.45) is 0 Å². The van der Waals surface area contributed by atoms with Gasteiger partial charge >= 0.3 is 5.69 Å². The fraction of sp³-hybridized carbons (Fsp3) is 0.333. The molecule has 2 heterocycles. The molecule has 2 N–H and O–H groups in total. The zero-order valence-corrected chi connectivity index (χ0v) is 13.4. The van der Waals surface area contributed by atoms with Gasteiger partial charge < -0.3 is 10.4 Å². The van der Waals surface area contributed by atoms with Crippen molar-refractivity contribution in [2.75, 3.05) is 13.2 Å². The Morgan fingerprint density at radius 1 is 1.21 bits per heavy atom. The van der Waals surface area contributed by atoms with Crippen LogP contribution in [-0.2, 0) is 18.5 Å². The third kappa shape index (κ3) is 2.35. The van der Waals surface area contributed by atoms with E-state index in [2.05, 4.69) is 22.5 Å². The predicted molar refractivity (Wildman–Crippen MR) is 91.0 cm³/mol. The van der Waals surface area contributed by atoms with Gasteiger partial charge in [0.15, 0.2) is 5.65 Å². The number of rotatable bonds is 5. The number of hydrogen-bond donors (Lipinski definition) is 2. The molecule has 0 radical (unpaired) electrons. The fourth-order valence-electron chi connectivity index (χ4n) is 3.61. The van der Waals surface area contributed by atoms with E-state index in [1.165, 1.54) is 14.6 Å². The van der Waals surface area contributed by atoms with Crippen molar-refractivity contribution in [3.63, 3.8) is 0 Å². The van der Waals surface area contributed by atoms with Crippen LogP contribution in [0.25, 0.3) is 5.65 Å². The molecule has 0 aliphatic heterocycles. The van der Waals surface area contributed by atoms with Crippen molar-refractivity contribution in [1.82, 2.24) is 19.5 Å². The monoisotopic (exact) mass is 324 g/mol. The molecule has 3 aromatic rings. The molecule has 124 valence electrons. The topological polar surface area (TPSA) is 71.6 Å². The molecule has 1 aliphatic carbocycles. The van der Waals surface area contributed by atoms with E-state index in [0.29, 0.717) is 18.7 Å². The van der Waals surface area contributed by atoms with Crippen LogP contribution in [0.2, 0.25) is 0 Å². The van der Waals surface area contributed by atoms with Gasteiger partial charge in [-0.2, -0.15) is 0 Å². The lowest BCUT2D eigenvalue weighted by Crippen LogP contribution is -2.45. The van der Waals surface area contributed by atoms with Gasteiger partial charge in [-0.1, -0.05) is 30.3 Å². The summed E-state index contributed by atoms with van der Waals surface area (Å²) < 4.78 is 3.00. The largest absolute Gasteiger partial charge is 0.394 e. The quantitative estimate of drug-likeness (QED) is 0.732. The van der Waals surface area contributed by atoms with Gasteiger partial charge in [0, 0.05) is 12.7 Å². The average Bonchev–Trinajstić information content (AvgIpc) is 3.15. The molecule has 1 unspecified atom stereocenters. The van der Waals surface area contributed by atoms with Crippen molar-refractivity contribution in [2.45, 2.75) is 24.9 Å². The van der Waals surface area contributed by atoms with E-state index in [-0.39, 0.29) is 12.3 Å². The van der Waals surface area contributed by atoms with Crippen molar-refractivity contribution < 1.29 is 5.11 Å². The van der Waals surface area contributed by atoms with E-state index in [4.69, 9.17) is 0 Å². The summed E-state index contributed by atoms with van der Waals surface area (Å²) in [5, 5.41) is 17.8. The molecule has 6 nitrogen and oxygen atoms in total. The third-order valence-corrected chi connectivity index (χ3v) is 4.90. The molecule has 1 atom stereocenters. The number of hydrogen-bond acceptors (Lipinski definition) is 4. The lowest BCUT2D eigenvalue weighted by molar-refractivity contribution is 0.158.